The number of aromatic nitrogens is 5. The van der Waals surface area contributed by atoms with Gasteiger partial charge in [-0.05, 0) is 42.7 Å². The number of ether oxygens (including phenoxy) is 1. The van der Waals surface area contributed by atoms with E-state index < -0.39 is 0 Å². The summed E-state index contributed by atoms with van der Waals surface area (Å²) in [7, 11) is 0. The maximum absolute atomic E-state index is 12.7. The summed E-state index contributed by atoms with van der Waals surface area (Å²) in [4.78, 5) is 20.6. The first-order chi connectivity index (χ1) is 14.7. The number of benzene rings is 2. The highest BCUT2D eigenvalue weighted by atomic mass is 32.2. The fourth-order valence-electron chi connectivity index (χ4n) is 3.15. The minimum Gasteiger partial charge on any atom is -0.482 e. The van der Waals surface area contributed by atoms with Gasteiger partial charge in [0.2, 0.25) is 0 Å². The van der Waals surface area contributed by atoms with Gasteiger partial charge in [-0.1, -0.05) is 24.3 Å². The monoisotopic (exact) mass is 422 g/mol. The lowest BCUT2D eigenvalue weighted by Crippen LogP contribution is -2.33. The number of thioether (sulfide) groups is 1. The zero-order chi connectivity index (χ0) is 20.8. The number of hydrogen-bond donors (Lipinski definition) is 2. The molecule has 0 aliphatic heterocycles. The van der Waals surface area contributed by atoms with E-state index in [1.807, 2.05) is 54.8 Å². The Morgan fingerprint density at radius 3 is 2.73 bits per heavy atom. The van der Waals surface area contributed by atoms with Crippen molar-refractivity contribution in [1.82, 2.24) is 30.0 Å². The van der Waals surface area contributed by atoms with Crippen LogP contribution >= 0.6 is 11.8 Å². The maximum Gasteiger partial charge on any atom is 0.258 e. The minimum atomic E-state index is -0.214. The van der Waals surface area contributed by atoms with E-state index in [2.05, 4.69) is 25.5 Å². The van der Waals surface area contributed by atoms with E-state index in [0.717, 1.165) is 34.7 Å². The van der Waals surface area contributed by atoms with Crippen LogP contribution in [0.3, 0.4) is 0 Å². The number of hydrogen-bond acceptors (Lipinski definition) is 6. The van der Waals surface area contributed by atoms with Crippen LogP contribution in [0.15, 0.2) is 61.2 Å². The molecule has 2 aromatic carbocycles. The van der Waals surface area contributed by atoms with Gasteiger partial charge in [0, 0.05) is 0 Å². The molecule has 0 radical (unpaired) electrons. The number of nitrogens with one attached hydrogen (secondary N) is 2. The number of rotatable bonds is 9. The zero-order valence-electron chi connectivity index (χ0n) is 16.5. The van der Waals surface area contributed by atoms with Gasteiger partial charge in [-0.15, -0.1) is 10.2 Å². The molecule has 154 valence electrons. The Kier molecular flexibility index (Phi) is 6.29. The van der Waals surface area contributed by atoms with Crippen molar-refractivity contribution in [3.63, 3.8) is 0 Å². The molecule has 30 heavy (non-hydrogen) atoms. The van der Waals surface area contributed by atoms with Gasteiger partial charge in [-0.25, -0.2) is 4.98 Å². The molecule has 0 aliphatic carbocycles. The second-order valence-corrected chi connectivity index (χ2v) is 7.65. The summed E-state index contributed by atoms with van der Waals surface area (Å²) in [5.41, 5.74) is 2.61. The van der Waals surface area contributed by atoms with Crippen LogP contribution in [0.4, 0.5) is 0 Å². The van der Waals surface area contributed by atoms with Crippen molar-refractivity contribution in [1.29, 1.82) is 0 Å². The molecule has 2 aromatic heterocycles. The van der Waals surface area contributed by atoms with E-state index in [1.165, 1.54) is 0 Å². The number of amides is 1. The standard InChI is InChI=1S/C21H22N6O2S/c1-30-11-10-17(21-25-15-6-2-3-7-16(15)26-21)24-20(28)12-29-19-9-5-4-8-18(19)27-13-22-23-14-27/h2-9,13-14,17H,10-12H2,1H3,(H,24,28)(H,25,26). The van der Waals surface area contributed by atoms with Crippen molar-refractivity contribution < 1.29 is 9.53 Å². The fourth-order valence-corrected chi connectivity index (χ4v) is 3.62. The van der Waals surface area contributed by atoms with Gasteiger partial charge in [0.25, 0.3) is 5.91 Å². The van der Waals surface area contributed by atoms with Crippen LogP contribution in [-0.2, 0) is 4.79 Å². The maximum atomic E-state index is 12.7. The average Bonchev–Trinajstić information content (AvgIpc) is 3.45. The van der Waals surface area contributed by atoms with Crippen LogP contribution in [0.1, 0.15) is 18.3 Å². The van der Waals surface area contributed by atoms with Gasteiger partial charge in [-0.2, -0.15) is 11.8 Å². The number of para-hydroxylation sites is 4. The first-order valence-corrected chi connectivity index (χ1v) is 10.9. The van der Waals surface area contributed by atoms with Gasteiger partial charge in [0.15, 0.2) is 6.61 Å². The van der Waals surface area contributed by atoms with E-state index in [-0.39, 0.29) is 18.6 Å². The highest BCUT2D eigenvalue weighted by molar-refractivity contribution is 7.98. The first-order valence-electron chi connectivity index (χ1n) is 9.54. The Morgan fingerprint density at radius 2 is 1.93 bits per heavy atom. The van der Waals surface area contributed by atoms with Crippen molar-refractivity contribution >= 4 is 28.7 Å². The molecule has 0 bridgehead atoms. The smallest absolute Gasteiger partial charge is 0.258 e. The van der Waals surface area contributed by atoms with Crippen LogP contribution in [0.5, 0.6) is 5.75 Å². The van der Waals surface area contributed by atoms with Crippen LogP contribution in [0.25, 0.3) is 16.7 Å². The molecule has 0 spiro atoms. The number of nitrogens with zero attached hydrogens (tertiary/aromatic N) is 4. The Bertz CT molecular complexity index is 1080. The third-order valence-electron chi connectivity index (χ3n) is 4.60. The van der Waals surface area contributed by atoms with Crippen molar-refractivity contribution in [2.45, 2.75) is 12.5 Å². The lowest BCUT2D eigenvalue weighted by molar-refractivity contribution is -0.123. The molecule has 1 amide bonds. The molecule has 4 rings (SSSR count). The summed E-state index contributed by atoms with van der Waals surface area (Å²) in [6.07, 6.45) is 5.98. The van der Waals surface area contributed by atoms with Gasteiger partial charge in [-0.3, -0.25) is 9.36 Å². The predicted octanol–water partition coefficient (Wildman–Crippen LogP) is 3.13. The Labute approximate surface area is 178 Å². The van der Waals surface area contributed by atoms with Gasteiger partial charge in [0.05, 0.1) is 22.8 Å². The molecule has 0 saturated carbocycles. The number of imidazole rings is 1. The number of carbonyl (C=O) groups excluding carboxylic acids is 1. The van der Waals surface area contributed by atoms with Crippen LogP contribution in [0.2, 0.25) is 0 Å². The number of fused-ring (bicyclic) bond motifs is 1. The van der Waals surface area contributed by atoms with Crippen LogP contribution < -0.4 is 10.1 Å². The van der Waals surface area contributed by atoms with Crippen molar-refractivity contribution in [3.8, 4) is 11.4 Å². The van der Waals surface area contributed by atoms with Crippen LogP contribution in [-0.4, -0.2) is 49.3 Å². The molecule has 1 unspecified atom stereocenters. The molecule has 0 fully saturated rings. The third kappa shape index (κ3) is 4.62. The van der Waals surface area contributed by atoms with Crippen molar-refractivity contribution in [3.05, 3.63) is 67.0 Å². The molecule has 4 aromatic rings. The predicted molar refractivity (Wildman–Crippen MR) is 117 cm³/mol. The number of H-pyrrole nitrogens is 1. The molecule has 0 saturated heterocycles. The normalized spacial score (nSPS) is 12.0. The third-order valence-corrected chi connectivity index (χ3v) is 5.25. The molecule has 1 atom stereocenters. The zero-order valence-corrected chi connectivity index (χ0v) is 17.3. The molecule has 9 heteroatoms. The van der Waals surface area contributed by atoms with E-state index in [9.17, 15) is 4.79 Å². The molecule has 2 heterocycles. The lowest BCUT2D eigenvalue weighted by Gasteiger charge is -2.17. The number of carbonyl (C=O) groups is 1. The van der Waals surface area contributed by atoms with Gasteiger partial charge in [0.1, 0.15) is 24.2 Å². The topological polar surface area (TPSA) is 97.7 Å². The highest BCUT2D eigenvalue weighted by Gasteiger charge is 2.19. The van der Waals surface area contributed by atoms with E-state index in [1.54, 1.807) is 29.0 Å². The Morgan fingerprint density at radius 1 is 1.17 bits per heavy atom. The van der Waals surface area contributed by atoms with E-state index in [4.69, 9.17) is 4.74 Å². The Balaban J connectivity index is 1.45. The van der Waals surface area contributed by atoms with Crippen molar-refractivity contribution in [2.24, 2.45) is 0 Å². The summed E-state index contributed by atoms with van der Waals surface area (Å²) in [6.45, 7) is -0.102. The van der Waals surface area contributed by atoms with Crippen molar-refractivity contribution in [2.75, 3.05) is 18.6 Å². The van der Waals surface area contributed by atoms with E-state index >= 15 is 0 Å². The van der Waals surface area contributed by atoms with Gasteiger partial charge < -0.3 is 15.0 Å². The SMILES string of the molecule is CSCCC(NC(=O)COc1ccccc1-n1cnnc1)c1nc2ccccc2[nH]1. The quantitative estimate of drug-likeness (QED) is 0.430. The molecule has 2 N–H and O–H groups in total. The van der Waals surface area contributed by atoms with Crippen LogP contribution in [0, 0.1) is 0 Å². The average molecular weight is 423 g/mol. The highest BCUT2D eigenvalue weighted by Crippen LogP contribution is 2.23. The molecular weight excluding hydrogens is 400 g/mol. The lowest BCUT2D eigenvalue weighted by atomic mass is 10.2. The number of aromatic amines is 1. The summed E-state index contributed by atoms with van der Waals surface area (Å²) in [6, 6.07) is 15.1. The van der Waals surface area contributed by atoms with Gasteiger partial charge >= 0.3 is 0 Å². The fraction of sp³-hybridized carbons (Fsp3) is 0.238. The summed E-state index contributed by atoms with van der Waals surface area (Å²) < 4.78 is 7.54. The molecule has 0 aliphatic rings. The minimum absolute atomic E-state index is 0.102. The molecular formula is C21H22N6O2S. The largest absolute Gasteiger partial charge is 0.482 e. The summed E-state index contributed by atoms with van der Waals surface area (Å²) >= 11 is 1.73. The summed E-state index contributed by atoms with van der Waals surface area (Å²) in [5.74, 6) is 2.03. The summed E-state index contributed by atoms with van der Waals surface area (Å²) in [5, 5.41) is 10.7. The Hall–Kier alpha value is -3.33. The second-order valence-electron chi connectivity index (χ2n) is 6.67. The molecule has 8 nitrogen and oxygen atoms in total. The first kappa shape index (κ1) is 20.0. The van der Waals surface area contributed by atoms with E-state index in [0.29, 0.717) is 5.75 Å². The second kappa shape index (κ2) is 9.45.